The average Bonchev–Trinajstić information content (AvgIpc) is 3.08. The summed E-state index contributed by atoms with van der Waals surface area (Å²) >= 11 is 0. The van der Waals surface area contributed by atoms with Crippen LogP contribution in [0.15, 0.2) is 48.7 Å². The van der Waals surface area contributed by atoms with Gasteiger partial charge in [-0.05, 0) is 24.1 Å². The summed E-state index contributed by atoms with van der Waals surface area (Å²) in [6.07, 6.45) is 2.87. The molecule has 0 atom stereocenters. The minimum Gasteiger partial charge on any atom is -0.357 e. The van der Waals surface area contributed by atoms with Crippen molar-refractivity contribution in [2.45, 2.75) is 6.42 Å². The van der Waals surface area contributed by atoms with E-state index >= 15 is 0 Å². The molecular weight excluding hydrogens is 262 g/mol. The number of nitrogens with zero attached hydrogens (tertiary/aromatic N) is 2. The summed E-state index contributed by atoms with van der Waals surface area (Å²) in [6.45, 7) is 4.60. The molecule has 1 amide bonds. The monoisotopic (exact) mass is 283 g/mol. The third kappa shape index (κ3) is 3.52. The van der Waals surface area contributed by atoms with Gasteiger partial charge in [-0.1, -0.05) is 30.3 Å². The molecule has 1 aromatic carbocycles. The van der Waals surface area contributed by atoms with Gasteiger partial charge >= 0.3 is 0 Å². The maximum Gasteiger partial charge on any atom is 0.270 e. The fraction of sp³-hybridized carbons (Fsp3) is 0.353. The van der Waals surface area contributed by atoms with E-state index in [0.29, 0.717) is 5.69 Å². The normalized spacial score (nSPS) is 16.1. The number of carbonyl (C=O) groups excluding carboxylic acids is 1. The molecule has 1 saturated heterocycles. The van der Waals surface area contributed by atoms with Crippen molar-refractivity contribution in [1.29, 1.82) is 0 Å². The number of nitrogens with one attached hydrogen (secondary N) is 1. The Morgan fingerprint density at radius 2 is 1.76 bits per heavy atom. The highest BCUT2D eigenvalue weighted by Crippen LogP contribution is 2.08. The van der Waals surface area contributed by atoms with Crippen LogP contribution in [0.5, 0.6) is 0 Å². The zero-order valence-corrected chi connectivity index (χ0v) is 12.2. The molecule has 3 rings (SSSR count). The van der Waals surface area contributed by atoms with Crippen molar-refractivity contribution < 1.29 is 4.79 Å². The first-order valence-corrected chi connectivity index (χ1v) is 7.52. The van der Waals surface area contributed by atoms with E-state index in [1.165, 1.54) is 5.56 Å². The van der Waals surface area contributed by atoms with Crippen LogP contribution in [0.25, 0.3) is 0 Å². The van der Waals surface area contributed by atoms with Crippen molar-refractivity contribution in [3.63, 3.8) is 0 Å². The minimum absolute atomic E-state index is 0.114. The van der Waals surface area contributed by atoms with Crippen molar-refractivity contribution in [3.05, 3.63) is 59.9 Å². The summed E-state index contributed by atoms with van der Waals surface area (Å²) in [4.78, 5) is 19.6. The van der Waals surface area contributed by atoms with E-state index in [9.17, 15) is 4.79 Å². The standard InChI is InChI=1S/C17H21N3O/c21-17(16-7-4-9-18-16)20-13-11-19(12-14-20)10-8-15-5-2-1-3-6-15/h1-7,9,18H,8,10-14H2. The number of H-pyrrole nitrogens is 1. The summed E-state index contributed by atoms with van der Waals surface area (Å²) in [7, 11) is 0. The van der Waals surface area contributed by atoms with Crippen molar-refractivity contribution in [1.82, 2.24) is 14.8 Å². The second-order valence-electron chi connectivity index (χ2n) is 5.45. The van der Waals surface area contributed by atoms with Crippen LogP contribution in [0, 0.1) is 0 Å². The molecule has 1 aliphatic rings. The maximum atomic E-state index is 12.2. The number of rotatable bonds is 4. The summed E-state index contributed by atoms with van der Waals surface area (Å²) in [5.74, 6) is 0.114. The van der Waals surface area contributed by atoms with Gasteiger partial charge < -0.3 is 9.88 Å². The Morgan fingerprint density at radius 3 is 2.43 bits per heavy atom. The molecule has 0 aliphatic carbocycles. The van der Waals surface area contributed by atoms with Crippen LogP contribution >= 0.6 is 0 Å². The van der Waals surface area contributed by atoms with E-state index in [0.717, 1.165) is 39.1 Å². The highest BCUT2D eigenvalue weighted by molar-refractivity contribution is 5.92. The van der Waals surface area contributed by atoms with Crippen LogP contribution in [0.3, 0.4) is 0 Å². The molecule has 1 N–H and O–H groups in total. The maximum absolute atomic E-state index is 12.2. The Labute approximate surface area is 125 Å². The van der Waals surface area contributed by atoms with Crippen LogP contribution in [0.2, 0.25) is 0 Å². The zero-order valence-electron chi connectivity index (χ0n) is 12.2. The predicted molar refractivity (Wildman–Crippen MR) is 83.3 cm³/mol. The van der Waals surface area contributed by atoms with Gasteiger partial charge in [-0.2, -0.15) is 0 Å². The molecule has 1 fully saturated rings. The lowest BCUT2D eigenvalue weighted by atomic mass is 10.1. The zero-order chi connectivity index (χ0) is 14.5. The third-order valence-electron chi connectivity index (χ3n) is 4.05. The molecule has 4 nitrogen and oxygen atoms in total. The smallest absolute Gasteiger partial charge is 0.270 e. The molecule has 0 spiro atoms. The molecule has 0 saturated carbocycles. The summed E-state index contributed by atoms with van der Waals surface area (Å²) < 4.78 is 0. The number of hydrogen-bond acceptors (Lipinski definition) is 2. The van der Waals surface area contributed by atoms with Crippen LogP contribution in [-0.2, 0) is 6.42 Å². The molecular formula is C17H21N3O. The fourth-order valence-electron chi connectivity index (χ4n) is 2.74. The van der Waals surface area contributed by atoms with Gasteiger partial charge in [0.1, 0.15) is 5.69 Å². The van der Waals surface area contributed by atoms with Gasteiger partial charge in [0, 0.05) is 38.9 Å². The Morgan fingerprint density at radius 1 is 1.00 bits per heavy atom. The van der Waals surface area contributed by atoms with Gasteiger partial charge in [-0.3, -0.25) is 9.69 Å². The van der Waals surface area contributed by atoms with Crippen LogP contribution in [0.1, 0.15) is 16.1 Å². The third-order valence-corrected chi connectivity index (χ3v) is 4.05. The van der Waals surface area contributed by atoms with Gasteiger partial charge in [-0.25, -0.2) is 0 Å². The number of aromatic amines is 1. The molecule has 4 heteroatoms. The van der Waals surface area contributed by atoms with Gasteiger partial charge in [0.05, 0.1) is 0 Å². The van der Waals surface area contributed by atoms with Gasteiger partial charge in [0.15, 0.2) is 0 Å². The summed E-state index contributed by atoms with van der Waals surface area (Å²) in [5.41, 5.74) is 2.06. The SMILES string of the molecule is O=C(c1ccc[nH]1)N1CCN(CCc2ccccc2)CC1. The average molecular weight is 283 g/mol. The molecule has 1 aliphatic heterocycles. The van der Waals surface area contributed by atoms with Crippen molar-refractivity contribution in [2.24, 2.45) is 0 Å². The van der Waals surface area contributed by atoms with Crippen molar-refractivity contribution in [3.8, 4) is 0 Å². The van der Waals surface area contributed by atoms with Gasteiger partial charge in [0.25, 0.3) is 5.91 Å². The molecule has 0 radical (unpaired) electrons. The highest BCUT2D eigenvalue weighted by Gasteiger charge is 2.22. The Bertz CT molecular complexity index is 557. The number of hydrogen-bond donors (Lipinski definition) is 1. The first kappa shape index (κ1) is 13.9. The number of amides is 1. The number of benzene rings is 1. The first-order valence-electron chi connectivity index (χ1n) is 7.52. The van der Waals surface area contributed by atoms with Crippen LogP contribution in [0.4, 0.5) is 0 Å². The largest absolute Gasteiger partial charge is 0.357 e. The van der Waals surface area contributed by atoms with Crippen molar-refractivity contribution >= 4 is 5.91 Å². The van der Waals surface area contributed by atoms with Crippen molar-refractivity contribution in [2.75, 3.05) is 32.7 Å². The second-order valence-corrected chi connectivity index (χ2v) is 5.45. The fourth-order valence-corrected chi connectivity index (χ4v) is 2.74. The van der Waals surface area contributed by atoms with E-state index in [4.69, 9.17) is 0 Å². The molecule has 2 aromatic rings. The lowest BCUT2D eigenvalue weighted by molar-refractivity contribution is 0.0633. The highest BCUT2D eigenvalue weighted by atomic mass is 16.2. The second kappa shape index (κ2) is 6.59. The Kier molecular flexibility index (Phi) is 4.36. The van der Waals surface area contributed by atoms with E-state index in [1.54, 1.807) is 6.20 Å². The van der Waals surface area contributed by atoms with E-state index in [2.05, 4.69) is 40.2 Å². The topological polar surface area (TPSA) is 39.3 Å². The van der Waals surface area contributed by atoms with Crippen LogP contribution in [-0.4, -0.2) is 53.4 Å². The Hall–Kier alpha value is -2.07. The van der Waals surface area contributed by atoms with Gasteiger partial charge in [-0.15, -0.1) is 0 Å². The molecule has 110 valence electrons. The molecule has 21 heavy (non-hydrogen) atoms. The number of aromatic nitrogens is 1. The summed E-state index contributed by atoms with van der Waals surface area (Å²) in [5, 5.41) is 0. The number of carbonyl (C=O) groups is 1. The summed E-state index contributed by atoms with van der Waals surface area (Å²) in [6, 6.07) is 14.3. The van der Waals surface area contributed by atoms with E-state index in [1.807, 2.05) is 17.0 Å². The van der Waals surface area contributed by atoms with E-state index < -0.39 is 0 Å². The molecule has 1 aromatic heterocycles. The minimum atomic E-state index is 0.114. The lowest BCUT2D eigenvalue weighted by Crippen LogP contribution is -2.49. The Balaban J connectivity index is 1.46. The van der Waals surface area contributed by atoms with Gasteiger partial charge in [0.2, 0.25) is 0 Å². The molecule has 2 heterocycles. The first-order chi connectivity index (χ1) is 10.3. The molecule has 0 bridgehead atoms. The lowest BCUT2D eigenvalue weighted by Gasteiger charge is -2.34. The number of piperazine rings is 1. The molecule has 0 unspecified atom stereocenters. The predicted octanol–water partition coefficient (Wildman–Crippen LogP) is 2.02. The quantitative estimate of drug-likeness (QED) is 0.932. The van der Waals surface area contributed by atoms with Crippen LogP contribution < -0.4 is 0 Å². The van der Waals surface area contributed by atoms with E-state index in [-0.39, 0.29) is 5.91 Å².